The molecule has 0 atom stereocenters. The van der Waals surface area contributed by atoms with Gasteiger partial charge in [-0.3, -0.25) is 0 Å². The van der Waals surface area contributed by atoms with Crippen molar-refractivity contribution in [2.45, 2.75) is 6.04 Å². The molecule has 3 aromatic heterocycles. The van der Waals surface area contributed by atoms with Crippen LogP contribution >= 0.6 is 0 Å². The molecule has 0 bridgehead atoms. The quantitative estimate of drug-likeness (QED) is 0.672. The third-order valence-electron chi connectivity index (χ3n) is 4.04. The number of hydrogen-bond donors (Lipinski definition) is 0. The molecule has 0 aliphatic carbocycles. The molecule has 1 fully saturated rings. The first kappa shape index (κ1) is 13.4. The molecule has 1 saturated heterocycles. The summed E-state index contributed by atoms with van der Waals surface area (Å²) in [6.45, 7) is 1.61. The van der Waals surface area contributed by atoms with Crippen LogP contribution in [0, 0.1) is 11.3 Å². The van der Waals surface area contributed by atoms with Crippen LogP contribution in [0.4, 0.5) is 11.6 Å². The average Bonchev–Trinajstić information content (AvgIpc) is 3.01. The highest BCUT2D eigenvalue weighted by Crippen LogP contribution is 2.25. The third-order valence-corrected chi connectivity index (χ3v) is 4.04. The Kier molecular flexibility index (Phi) is 3.01. The Morgan fingerprint density at radius 2 is 2.09 bits per heavy atom. The summed E-state index contributed by atoms with van der Waals surface area (Å²) in [5.41, 5.74) is 1.26. The van der Waals surface area contributed by atoms with Gasteiger partial charge in [-0.15, -0.1) is 20.4 Å². The van der Waals surface area contributed by atoms with Crippen molar-refractivity contribution >= 4 is 17.3 Å². The Bertz CT molecular complexity index is 890. The predicted octanol–water partition coefficient (Wildman–Crippen LogP) is 0.111. The van der Waals surface area contributed by atoms with E-state index in [4.69, 9.17) is 0 Å². The average molecular weight is 307 g/mol. The first-order valence-corrected chi connectivity index (χ1v) is 7.13. The van der Waals surface area contributed by atoms with Crippen LogP contribution in [0.5, 0.6) is 0 Å². The fourth-order valence-electron chi connectivity index (χ4n) is 2.62. The maximum Gasteiger partial charge on any atom is 0.177 e. The van der Waals surface area contributed by atoms with E-state index >= 15 is 0 Å². The number of fused-ring (bicyclic) bond motifs is 1. The lowest BCUT2D eigenvalue weighted by atomic mass is 10.1. The Balaban J connectivity index is 1.49. The summed E-state index contributed by atoms with van der Waals surface area (Å²) in [5, 5.41) is 29.4. The van der Waals surface area contributed by atoms with Gasteiger partial charge in [0.05, 0.1) is 17.8 Å². The van der Waals surface area contributed by atoms with Gasteiger partial charge < -0.3 is 9.80 Å². The molecule has 0 aromatic carbocycles. The summed E-state index contributed by atoms with van der Waals surface area (Å²) in [6, 6.07) is 7.92. The number of anilines is 2. The van der Waals surface area contributed by atoms with Gasteiger partial charge in [0.2, 0.25) is 0 Å². The van der Waals surface area contributed by atoms with E-state index in [-0.39, 0.29) is 6.04 Å². The van der Waals surface area contributed by atoms with E-state index in [9.17, 15) is 5.26 Å². The molecule has 4 rings (SSSR count). The van der Waals surface area contributed by atoms with E-state index < -0.39 is 0 Å². The van der Waals surface area contributed by atoms with E-state index in [1.54, 1.807) is 16.9 Å². The van der Waals surface area contributed by atoms with Crippen LogP contribution in [0.1, 0.15) is 5.56 Å². The van der Waals surface area contributed by atoms with Crippen molar-refractivity contribution in [3.8, 4) is 6.07 Å². The van der Waals surface area contributed by atoms with Gasteiger partial charge in [-0.1, -0.05) is 0 Å². The van der Waals surface area contributed by atoms with Crippen molar-refractivity contribution < 1.29 is 0 Å². The van der Waals surface area contributed by atoms with Gasteiger partial charge in [0.15, 0.2) is 11.5 Å². The molecular weight excluding hydrogens is 294 g/mol. The Morgan fingerprint density at radius 1 is 1.22 bits per heavy atom. The van der Waals surface area contributed by atoms with Gasteiger partial charge in [-0.2, -0.15) is 14.9 Å². The molecule has 9 nitrogen and oxygen atoms in total. The minimum atomic E-state index is 0.261. The monoisotopic (exact) mass is 307 g/mol. The smallest absolute Gasteiger partial charge is 0.177 e. The van der Waals surface area contributed by atoms with Gasteiger partial charge in [0.25, 0.3) is 0 Å². The van der Waals surface area contributed by atoms with Crippen LogP contribution < -0.4 is 9.80 Å². The minimum Gasteiger partial charge on any atom is -0.351 e. The molecule has 23 heavy (non-hydrogen) atoms. The Hall–Kier alpha value is -3.28. The lowest BCUT2D eigenvalue weighted by molar-refractivity contribution is 0.485. The van der Waals surface area contributed by atoms with E-state index in [2.05, 4.69) is 36.5 Å². The second kappa shape index (κ2) is 5.17. The maximum atomic E-state index is 9.17. The maximum absolute atomic E-state index is 9.17. The fourth-order valence-corrected chi connectivity index (χ4v) is 2.62. The molecule has 0 radical (unpaired) electrons. The summed E-state index contributed by atoms with van der Waals surface area (Å²) < 4.78 is 1.66. The zero-order chi connectivity index (χ0) is 15.8. The molecule has 4 heterocycles. The molecule has 3 aromatic rings. The van der Waals surface area contributed by atoms with Gasteiger partial charge in [0, 0.05) is 20.1 Å². The van der Waals surface area contributed by atoms with Crippen LogP contribution in [-0.4, -0.2) is 56.2 Å². The number of nitriles is 1. The molecule has 0 saturated carbocycles. The topological polar surface area (TPSA) is 99.1 Å². The van der Waals surface area contributed by atoms with E-state index in [0.717, 1.165) is 24.6 Å². The van der Waals surface area contributed by atoms with Crippen molar-refractivity contribution in [1.82, 2.24) is 30.0 Å². The van der Waals surface area contributed by atoms with Crippen LogP contribution in [0.3, 0.4) is 0 Å². The van der Waals surface area contributed by atoms with Gasteiger partial charge in [-0.25, -0.2) is 0 Å². The summed E-state index contributed by atoms with van der Waals surface area (Å²) >= 11 is 0. The van der Waals surface area contributed by atoms with Gasteiger partial charge in [-0.05, 0) is 18.2 Å². The molecule has 0 spiro atoms. The largest absolute Gasteiger partial charge is 0.351 e. The summed E-state index contributed by atoms with van der Waals surface area (Å²) in [7, 11) is 1.93. The molecule has 114 valence electrons. The highest BCUT2D eigenvalue weighted by Gasteiger charge is 2.32. The second-order valence-corrected chi connectivity index (χ2v) is 5.38. The predicted molar refractivity (Wildman–Crippen MR) is 81.9 cm³/mol. The molecule has 0 unspecified atom stereocenters. The lowest BCUT2D eigenvalue weighted by Crippen LogP contribution is -2.59. The Labute approximate surface area is 131 Å². The zero-order valence-electron chi connectivity index (χ0n) is 12.4. The lowest BCUT2D eigenvalue weighted by Gasteiger charge is -2.44. The van der Waals surface area contributed by atoms with E-state index in [1.807, 2.05) is 24.1 Å². The molecule has 9 heteroatoms. The summed E-state index contributed by atoms with van der Waals surface area (Å²) in [5.74, 6) is 1.49. The highest BCUT2D eigenvalue weighted by molar-refractivity contribution is 5.55. The van der Waals surface area contributed by atoms with E-state index in [1.165, 1.54) is 6.20 Å². The molecule has 1 aliphatic heterocycles. The summed E-state index contributed by atoms with van der Waals surface area (Å²) in [6.07, 6.45) is 3.11. The first-order chi connectivity index (χ1) is 11.3. The fraction of sp³-hybridized carbons (Fsp3) is 0.286. The van der Waals surface area contributed by atoms with Crippen molar-refractivity contribution in [2.24, 2.45) is 0 Å². The number of nitrogens with zero attached hydrogens (tertiary/aromatic N) is 9. The normalized spacial score (nSPS) is 14.5. The van der Waals surface area contributed by atoms with Crippen LogP contribution in [0.15, 0.2) is 30.7 Å². The van der Waals surface area contributed by atoms with Gasteiger partial charge >= 0.3 is 0 Å². The molecular formula is C14H13N9. The van der Waals surface area contributed by atoms with Gasteiger partial charge in [0.1, 0.15) is 18.2 Å². The minimum absolute atomic E-state index is 0.261. The first-order valence-electron chi connectivity index (χ1n) is 7.13. The van der Waals surface area contributed by atoms with Crippen molar-refractivity contribution in [3.63, 3.8) is 0 Å². The molecule has 0 N–H and O–H groups in total. The second-order valence-electron chi connectivity index (χ2n) is 5.38. The van der Waals surface area contributed by atoms with Crippen LogP contribution in [-0.2, 0) is 0 Å². The van der Waals surface area contributed by atoms with Crippen LogP contribution in [0.2, 0.25) is 0 Å². The third kappa shape index (κ3) is 2.20. The van der Waals surface area contributed by atoms with Crippen LogP contribution in [0.25, 0.3) is 5.65 Å². The highest BCUT2D eigenvalue weighted by atomic mass is 15.4. The molecule has 0 amide bonds. The Morgan fingerprint density at radius 3 is 2.91 bits per heavy atom. The SMILES string of the molecule is CN(c1nnccc1C#N)C1CN(c2ccc3nncn3n2)C1. The van der Waals surface area contributed by atoms with E-state index in [0.29, 0.717) is 11.4 Å². The summed E-state index contributed by atoms with van der Waals surface area (Å²) in [4.78, 5) is 4.16. The number of rotatable bonds is 3. The zero-order valence-corrected chi connectivity index (χ0v) is 12.4. The number of hydrogen-bond acceptors (Lipinski definition) is 8. The van der Waals surface area contributed by atoms with Crippen molar-refractivity contribution in [1.29, 1.82) is 5.26 Å². The standard InChI is InChI=1S/C14H13N9/c1-21(14-10(6-15)4-5-16-19-14)11-7-22(8-11)13-3-2-12-18-17-9-23(12)20-13/h2-5,9,11H,7-8H2,1H3. The van der Waals surface area contributed by atoms with Crippen molar-refractivity contribution in [3.05, 3.63) is 36.3 Å². The molecule has 1 aliphatic rings. The number of likely N-dealkylation sites (N-methyl/N-ethyl adjacent to an activating group) is 1. The van der Waals surface area contributed by atoms with Crippen molar-refractivity contribution in [2.75, 3.05) is 29.9 Å². The number of aromatic nitrogens is 6.